The Balaban J connectivity index is 1.72. The topological polar surface area (TPSA) is 70.2 Å². The van der Waals surface area contributed by atoms with Crippen LogP contribution in [0.5, 0.6) is 0 Å². The van der Waals surface area contributed by atoms with Crippen molar-refractivity contribution in [3.05, 3.63) is 17.7 Å². The van der Waals surface area contributed by atoms with Gasteiger partial charge in [-0.05, 0) is 13.3 Å². The number of amides is 1. The number of nitrogens with one attached hydrogen (secondary N) is 2. The number of imidazole rings is 1. The summed E-state index contributed by atoms with van der Waals surface area (Å²) in [5.41, 5.74) is 2.10. The van der Waals surface area contributed by atoms with Gasteiger partial charge in [0.1, 0.15) is 0 Å². The molecule has 2 aliphatic heterocycles. The lowest BCUT2D eigenvalue weighted by Crippen LogP contribution is -2.57. The lowest BCUT2D eigenvalue weighted by atomic mass is 10.0. The van der Waals surface area contributed by atoms with E-state index in [1.54, 1.807) is 6.33 Å². The van der Waals surface area contributed by atoms with Crippen molar-refractivity contribution in [3.8, 4) is 0 Å². The van der Waals surface area contributed by atoms with Gasteiger partial charge in [0.05, 0.1) is 42.5 Å². The largest absolute Gasteiger partial charge is 0.375 e. The monoisotopic (exact) mass is 278 g/mol. The third-order valence-electron chi connectivity index (χ3n) is 4.25. The summed E-state index contributed by atoms with van der Waals surface area (Å²) in [6.07, 6.45) is 3.41. The van der Waals surface area contributed by atoms with Crippen molar-refractivity contribution in [2.75, 3.05) is 13.2 Å². The van der Waals surface area contributed by atoms with Gasteiger partial charge in [0, 0.05) is 19.5 Å². The second-order valence-electron chi connectivity index (χ2n) is 5.66. The van der Waals surface area contributed by atoms with E-state index >= 15 is 0 Å². The molecule has 20 heavy (non-hydrogen) atoms. The van der Waals surface area contributed by atoms with Crippen LogP contribution in [0.2, 0.25) is 0 Å². The summed E-state index contributed by atoms with van der Waals surface area (Å²) < 4.78 is 5.66. The lowest BCUT2D eigenvalue weighted by Gasteiger charge is -2.40. The molecule has 0 spiro atoms. The molecule has 1 aromatic rings. The molecule has 0 aromatic carbocycles. The minimum Gasteiger partial charge on any atom is -0.375 e. The Bertz CT molecular complexity index is 487. The van der Waals surface area contributed by atoms with Crippen molar-refractivity contribution in [2.24, 2.45) is 0 Å². The number of morpholine rings is 1. The quantitative estimate of drug-likeness (QED) is 0.824. The van der Waals surface area contributed by atoms with Crippen molar-refractivity contribution < 1.29 is 9.53 Å². The number of ether oxygens (including phenoxy) is 1. The van der Waals surface area contributed by atoms with Gasteiger partial charge < -0.3 is 14.6 Å². The van der Waals surface area contributed by atoms with Crippen LogP contribution in [-0.4, -0.2) is 52.1 Å². The van der Waals surface area contributed by atoms with Crippen LogP contribution in [0, 0.1) is 0 Å². The van der Waals surface area contributed by atoms with Crippen LogP contribution in [0.25, 0.3) is 0 Å². The van der Waals surface area contributed by atoms with Gasteiger partial charge in [-0.3, -0.25) is 10.1 Å². The maximum absolute atomic E-state index is 12.8. The number of aromatic amines is 1. The van der Waals surface area contributed by atoms with Gasteiger partial charge in [-0.1, -0.05) is 6.92 Å². The Morgan fingerprint density at radius 3 is 3.25 bits per heavy atom. The molecule has 0 aliphatic carbocycles. The number of carbonyl (C=O) groups excluding carboxylic acids is 1. The molecular weight excluding hydrogens is 256 g/mol. The van der Waals surface area contributed by atoms with E-state index in [0.29, 0.717) is 26.1 Å². The number of carbonyl (C=O) groups is 1. The zero-order valence-corrected chi connectivity index (χ0v) is 12.1. The Morgan fingerprint density at radius 1 is 1.60 bits per heavy atom. The van der Waals surface area contributed by atoms with Gasteiger partial charge in [-0.15, -0.1) is 0 Å². The first-order valence-electron chi connectivity index (χ1n) is 7.35. The summed E-state index contributed by atoms with van der Waals surface area (Å²) in [5, 5.41) is 3.31. The zero-order valence-electron chi connectivity index (χ0n) is 12.1. The molecule has 3 heterocycles. The summed E-state index contributed by atoms with van der Waals surface area (Å²) in [6, 6.07) is 0.0335. The highest BCUT2D eigenvalue weighted by Crippen LogP contribution is 2.19. The van der Waals surface area contributed by atoms with E-state index in [0.717, 1.165) is 17.8 Å². The smallest absolute Gasteiger partial charge is 0.240 e. The van der Waals surface area contributed by atoms with Crippen LogP contribution in [-0.2, 0) is 22.5 Å². The highest BCUT2D eigenvalue weighted by molar-refractivity contribution is 5.83. The molecule has 1 aromatic heterocycles. The van der Waals surface area contributed by atoms with Crippen LogP contribution in [0.1, 0.15) is 31.7 Å². The zero-order chi connectivity index (χ0) is 14.1. The van der Waals surface area contributed by atoms with E-state index in [1.807, 2.05) is 11.8 Å². The first-order valence-corrected chi connectivity index (χ1v) is 7.35. The molecule has 110 valence electrons. The maximum atomic E-state index is 12.8. The van der Waals surface area contributed by atoms with Crippen LogP contribution in [0.4, 0.5) is 0 Å². The Kier molecular flexibility index (Phi) is 3.76. The fraction of sp³-hybridized carbons (Fsp3) is 0.714. The Labute approximate surface area is 118 Å². The summed E-state index contributed by atoms with van der Waals surface area (Å²) in [4.78, 5) is 22.2. The Hall–Kier alpha value is -1.40. The van der Waals surface area contributed by atoms with Crippen molar-refractivity contribution >= 4 is 5.91 Å². The molecule has 3 unspecified atom stereocenters. The van der Waals surface area contributed by atoms with Crippen LogP contribution >= 0.6 is 0 Å². The van der Waals surface area contributed by atoms with Gasteiger partial charge in [0.2, 0.25) is 5.91 Å². The molecule has 0 saturated carbocycles. The molecule has 2 N–H and O–H groups in total. The summed E-state index contributed by atoms with van der Waals surface area (Å²) in [7, 11) is 0. The molecule has 0 bridgehead atoms. The maximum Gasteiger partial charge on any atom is 0.240 e. The van der Waals surface area contributed by atoms with Gasteiger partial charge in [-0.2, -0.15) is 0 Å². The third-order valence-corrected chi connectivity index (χ3v) is 4.25. The molecule has 3 atom stereocenters. The van der Waals surface area contributed by atoms with E-state index < -0.39 is 0 Å². The van der Waals surface area contributed by atoms with Crippen LogP contribution in [0.15, 0.2) is 6.33 Å². The fourth-order valence-electron chi connectivity index (χ4n) is 3.00. The number of fused-ring (bicyclic) bond motifs is 1. The predicted molar refractivity (Wildman–Crippen MR) is 74.1 cm³/mol. The first-order chi connectivity index (χ1) is 9.69. The molecular formula is C14H22N4O2. The normalized spacial score (nSPS) is 30.1. The summed E-state index contributed by atoms with van der Waals surface area (Å²) in [6.45, 7) is 6.13. The number of aromatic nitrogens is 2. The van der Waals surface area contributed by atoms with Crippen molar-refractivity contribution in [1.29, 1.82) is 0 Å². The van der Waals surface area contributed by atoms with E-state index in [1.165, 1.54) is 0 Å². The average Bonchev–Trinajstić information content (AvgIpc) is 2.93. The molecule has 3 rings (SSSR count). The van der Waals surface area contributed by atoms with Crippen molar-refractivity contribution in [1.82, 2.24) is 20.2 Å². The molecule has 1 fully saturated rings. The molecule has 1 saturated heterocycles. The number of rotatable bonds is 2. The second kappa shape index (κ2) is 5.54. The number of nitrogens with zero attached hydrogens (tertiary/aromatic N) is 2. The van der Waals surface area contributed by atoms with E-state index in [-0.39, 0.29) is 24.1 Å². The molecule has 1 amide bonds. The standard InChI is InChI=1S/C14H22N4O2/c1-3-10-7-20-9(2)6-18(10)14(19)12-4-11-13(5-15-12)17-8-16-11/h8-10,12,15H,3-7H2,1-2H3,(H,16,17). The number of hydrogen-bond acceptors (Lipinski definition) is 4. The highest BCUT2D eigenvalue weighted by atomic mass is 16.5. The average molecular weight is 278 g/mol. The van der Waals surface area contributed by atoms with E-state index in [9.17, 15) is 4.79 Å². The Morgan fingerprint density at radius 2 is 2.45 bits per heavy atom. The predicted octanol–water partition coefficient (Wildman–Crippen LogP) is 0.450. The minimum atomic E-state index is -0.162. The molecule has 0 radical (unpaired) electrons. The first kappa shape index (κ1) is 13.6. The van der Waals surface area contributed by atoms with Crippen LogP contribution in [0.3, 0.4) is 0 Å². The van der Waals surface area contributed by atoms with Gasteiger partial charge in [0.25, 0.3) is 0 Å². The highest BCUT2D eigenvalue weighted by Gasteiger charge is 2.35. The minimum absolute atomic E-state index is 0.117. The molecule has 6 heteroatoms. The van der Waals surface area contributed by atoms with Gasteiger partial charge in [0.15, 0.2) is 0 Å². The summed E-state index contributed by atoms with van der Waals surface area (Å²) >= 11 is 0. The number of H-pyrrole nitrogens is 1. The summed E-state index contributed by atoms with van der Waals surface area (Å²) in [5.74, 6) is 0.181. The molecule has 6 nitrogen and oxygen atoms in total. The van der Waals surface area contributed by atoms with Crippen LogP contribution < -0.4 is 5.32 Å². The van der Waals surface area contributed by atoms with Crippen molar-refractivity contribution in [2.45, 2.75) is 51.4 Å². The van der Waals surface area contributed by atoms with E-state index in [2.05, 4.69) is 22.2 Å². The SMILES string of the molecule is CCC1COC(C)CN1C(=O)C1Cc2nc[nH]c2CN1. The lowest BCUT2D eigenvalue weighted by molar-refractivity contribution is -0.146. The van der Waals surface area contributed by atoms with Gasteiger partial charge in [-0.25, -0.2) is 4.98 Å². The fourth-order valence-corrected chi connectivity index (χ4v) is 3.00. The van der Waals surface area contributed by atoms with Crippen molar-refractivity contribution in [3.63, 3.8) is 0 Å². The van der Waals surface area contributed by atoms with Gasteiger partial charge >= 0.3 is 0 Å². The third kappa shape index (κ3) is 2.45. The second-order valence-corrected chi connectivity index (χ2v) is 5.66. The number of hydrogen-bond donors (Lipinski definition) is 2. The van der Waals surface area contributed by atoms with E-state index in [4.69, 9.17) is 4.74 Å². The molecule has 2 aliphatic rings.